The number of ether oxygens (including phenoxy) is 3. The number of H-pyrrole nitrogens is 1. The van der Waals surface area contributed by atoms with Crippen molar-refractivity contribution < 1.29 is 19.0 Å². The number of benzene rings is 1. The summed E-state index contributed by atoms with van der Waals surface area (Å²) in [4.78, 5) is 30.9. The van der Waals surface area contributed by atoms with Crippen LogP contribution in [0.3, 0.4) is 0 Å². The molecule has 0 saturated carbocycles. The Bertz CT molecular complexity index is 907. The van der Waals surface area contributed by atoms with Crippen molar-refractivity contribution in [2.75, 3.05) is 25.0 Å². The van der Waals surface area contributed by atoms with Gasteiger partial charge in [0.05, 0.1) is 12.7 Å². The van der Waals surface area contributed by atoms with Crippen molar-refractivity contribution >= 4 is 17.7 Å². The molecule has 9 heteroatoms. The number of carbonyl (C=O) groups is 1. The van der Waals surface area contributed by atoms with E-state index in [4.69, 9.17) is 19.9 Å². The highest BCUT2D eigenvalue weighted by Crippen LogP contribution is 2.45. The minimum absolute atomic E-state index is 0.0528. The zero-order valence-corrected chi connectivity index (χ0v) is 12.7. The third-order valence-corrected chi connectivity index (χ3v) is 4.05. The lowest BCUT2D eigenvalue weighted by Gasteiger charge is -2.24. The van der Waals surface area contributed by atoms with Gasteiger partial charge in [0, 0.05) is 12.3 Å². The van der Waals surface area contributed by atoms with Gasteiger partial charge in [0.1, 0.15) is 5.82 Å². The number of carbonyl (C=O) groups excluding carboxylic acids is 1. The van der Waals surface area contributed by atoms with Gasteiger partial charge < -0.3 is 25.3 Å². The predicted octanol–water partition coefficient (Wildman–Crippen LogP) is 0.563. The Kier molecular flexibility index (Phi) is 3.08. The van der Waals surface area contributed by atoms with Crippen molar-refractivity contribution in [1.29, 1.82) is 0 Å². The SMILES string of the molecule is COc1cc([C@H]2CC(=O)Nc3nc(N)[nH]c(=O)c32)cc2c1OCO2. The van der Waals surface area contributed by atoms with Crippen LogP contribution in [0.4, 0.5) is 11.8 Å². The molecular weight excluding hydrogens is 316 g/mol. The van der Waals surface area contributed by atoms with E-state index in [9.17, 15) is 9.59 Å². The number of aromatic nitrogens is 2. The first kappa shape index (κ1) is 14.4. The second kappa shape index (κ2) is 5.15. The molecule has 2 aromatic rings. The molecule has 0 bridgehead atoms. The number of anilines is 2. The summed E-state index contributed by atoms with van der Waals surface area (Å²) in [5.41, 5.74) is 6.22. The minimum atomic E-state index is -0.492. The molecule has 9 nitrogen and oxygen atoms in total. The standard InChI is InChI=1S/C15H14N4O5/c1-22-8-2-6(3-9-12(8)24-5-23-9)7-4-10(20)17-13-11(7)14(21)19-15(16)18-13/h2-3,7H,4-5H2,1H3,(H4,16,17,18,19,20,21)/t7-/m1/s1. The average Bonchev–Trinajstić information content (AvgIpc) is 3.00. The van der Waals surface area contributed by atoms with Crippen LogP contribution in [0, 0.1) is 0 Å². The Balaban J connectivity index is 1.90. The maximum Gasteiger partial charge on any atom is 0.258 e. The summed E-state index contributed by atoms with van der Waals surface area (Å²) in [6, 6.07) is 3.48. The van der Waals surface area contributed by atoms with E-state index in [-0.39, 0.29) is 36.4 Å². The summed E-state index contributed by atoms with van der Waals surface area (Å²) in [5, 5.41) is 2.58. The number of nitrogens with two attached hydrogens (primary N) is 1. The zero-order chi connectivity index (χ0) is 16.8. The molecule has 1 aromatic carbocycles. The van der Waals surface area contributed by atoms with Crippen molar-refractivity contribution in [3.63, 3.8) is 0 Å². The van der Waals surface area contributed by atoms with Gasteiger partial charge in [-0.25, -0.2) is 0 Å². The van der Waals surface area contributed by atoms with Crippen molar-refractivity contribution in [3.8, 4) is 17.2 Å². The van der Waals surface area contributed by atoms with Gasteiger partial charge in [0.2, 0.25) is 24.4 Å². The molecule has 2 aliphatic heterocycles. The molecule has 1 aromatic heterocycles. The van der Waals surface area contributed by atoms with E-state index in [1.807, 2.05) is 0 Å². The van der Waals surface area contributed by atoms with Gasteiger partial charge in [-0.1, -0.05) is 0 Å². The third kappa shape index (κ3) is 2.13. The number of hydrogen-bond donors (Lipinski definition) is 3. The molecule has 0 saturated heterocycles. The second-order valence-corrected chi connectivity index (χ2v) is 5.48. The van der Waals surface area contributed by atoms with Crippen molar-refractivity contribution in [1.82, 2.24) is 9.97 Å². The van der Waals surface area contributed by atoms with Crippen LogP contribution in [-0.4, -0.2) is 29.8 Å². The molecule has 3 heterocycles. The van der Waals surface area contributed by atoms with Gasteiger partial charge in [-0.2, -0.15) is 4.98 Å². The fourth-order valence-electron chi connectivity index (χ4n) is 3.02. The van der Waals surface area contributed by atoms with Crippen LogP contribution in [0.15, 0.2) is 16.9 Å². The number of nitrogens with one attached hydrogen (secondary N) is 2. The van der Waals surface area contributed by atoms with Gasteiger partial charge >= 0.3 is 0 Å². The Morgan fingerprint density at radius 1 is 1.33 bits per heavy atom. The van der Waals surface area contributed by atoms with E-state index in [1.165, 1.54) is 7.11 Å². The average molecular weight is 330 g/mol. The van der Waals surface area contributed by atoms with Crippen LogP contribution >= 0.6 is 0 Å². The summed E-state index contributed by atoms with van der Waals surface area (Å²) in [6.07, 6.45) is 0.102. The molecule has 1 atom stereocenters. The van der Waals surface area contributed by atoms with E-state index in [1.54, 1.807) is 12.1 Å². The highest BCUT2D eigenvalue weighted by atomic mass is 16.7. The Morgan fingerprint density at radius 2 is 2.17 bits per heavy atom. The lowest BCUT2D eigenvalue weighted by atomic mass is 9.86. The molecule has 4 N–H and O–H groups in total. The molecule has 0 unspecified atom stereocenters. The topological polar surface area (TPSA) is 129 Å². The van der Waals surface area contributed by atoms with Gasteiger partial charge in [-0.05, 0) is 17.7 Å². The summed E-state index contributed by atoms with van der Waals surface area (Å²) >= 11 is 0. The molecule has 24 heavy (non-hydrogen) atoms. The maximum atomic E-state index is 12.3. The molecule has 0 aliphatic carbocycles. The third-order valence-electron chi connectivity index (χ3n) is 4.05. The highest BCUT2D eigenvalue weighted by molar-refractivity contribution is 5.94. The molecule has 2 aliphatic rings. The largest absolute Gasteiger partial charge is 0.493 e. The quantitative estimate of drug-likeness (QED) is 0.734. The zero-order valence-electron chi connectivity index (χ0n) is 12.7. The summed E-state index contributed by atoms with van der Waals surface area (Å²) in [5.74, 6) is 0.878. The molecule has 0 fully saturated rings. The summed E-state index contributed by atoms with van der Waals surface area (Å²) in [7, 11) is 1.51. The molecule has 4 rings (SSSR count). The fraction of sp³-hybridized carbons (Fsp3) is 0.267. The van der Waals surface area contributed by atoms with Crippen molar-refractivity contribution in [3.05, 3.63) is 33.6 Å². The van der Waals surface area contributed by atoms with Crippen LogP contribution in [0.25, 0.3) is 0 Å². The first-order valence-corrected chi connectivity index (χ1v) is 7.24. The molecule has 0 spiro atoms. The van der Waals surface area contributed by atoms with Crippen LogP contribution in [-0.2, 0) is 4.79 Å². The number of rotatable bonds is 2. The number of nitrogens with zero attached hydrogens (tertiary/aromatic N) is 1. The van der Waals surface area contributed by atoms with Gasteiger partial charge in [-0.3, -0.25) is 14.6 Å². The van der Waals surface area contributed by atoms with E-state index in [0.29, 0.717) is 28.4 Å². The maximum absolute atomic E-state index is 12.3. The van der Waals surface area contributed by atoms with E-state index in [2.05, 4.69) is 15.3 Å². The lowest BCUT2D eigenvalue weighted by molar-refractivity contribution is -0.116. The Hall–Kier alpha value is -3.23. The number of amides is 1. The molecule has 124 valence electrons. The first-order chi connectivity index (χ1) is 11.6. The predicted molar refractivity (Wildman–Crippen MR) is 83.5 cm³/mol. The normalized spacial score (nSPS) is 18.0. The van der Waals surface area contributed by atoms with E-state index in [0.717, 1.165) is 0 Å². The van der Waals surface area contributed by atoms with E-state index < -0.39 is 5.92 Å². The molecular formula is C15H14N4O5. The van der Waals surface area contributed by atoms with Crippen LogP contribution in [0.2, 0.25) is 0 Å². The Labute approximate surface area is 135 Å². The van der Waals surface area contributed by atoms with Gasteiger partial charge in [-0.15, -0.1) is 0 Å². The van der Waals surface area contributed by atoms with Crippen molar-refractivity contribution in [2.24, 2.45) is 0 Å². The molecule has 1 amide bonds. The first-order valence-electron chi connectivity index (χ1n) is 7.24. The monoisotopic (exact) mass is 330 g/mol. The lowest BCUT2D eigenvalue weighted by Crippen LogP contribution is -2.31. The Morgan fingerprint density at radius 3 is 2.96 bits per heavy atom. The number of fused-ring (bicyclic) bond motifs is 2. The van der Waals surface area contributed by atoms with Crippen LogP contribution in [0.1, 0.15) is 23.5 Å². The number of hydrogen-bond acceptors (Lipinski definition) is 7. The summed E-state index contributed by atoms with van der Waals surface area (Å²) in [6.45, 7) is 0.0928. The van der Waals surface area contributed by atoms with Gasteiger partial charge in [0.25, 0.3) is 5.56 Å². The number of nitrogen functional groups attached to an aromatic ring is 1. The molecule has 0 radical (unpaired) electrons. The van der Waals surface area contributed by atoms with Crippen LogP contribution in [0.5, 0.6) is 17.2 Å². The summed E-state index contributed by atoms with van der Waals surface area (Å²) < 4.78 is 16.1. The smallest absolute Gasteiger partial charge is 0.258 e. The fourth-order valence-corrected chi connectivity index (χ4v) is 3.02. The van der Waals surface area contributed by atoms with Crippen LogP contribution < -0.4 is 30.8 Å². The van der Waals surface area contributed by atoms with Gasteiger partial charge in [0.15, 0.2) is 11.5 Å². The number of methoxy groups -OCH3 is 1. The van der Waals surface area contributed by atoms with Crippen molar-refractivity contribution in [2.45, 2.75) is 12.3 Å². The highest BCUT2D eigenvalue weighted by Gasteiger charge is 2.33. The minimum Gasteiger partial charge on any atom is -0.493 e. The second-order valence-electron chi connectivity index (χ2n) is 5.48. The number of aromatic amines is 1. The van der Waals surface area contributed by atoms with E-state index >= 15 is 0 Å².